The number of nitrogens with one attached hydrogen (secondary N) is 2. The lowest BCUT2D eigenvalue weighted by atomic mass is 10.2. The van der Waals surface area contributed by atoms with E-state index in [0.717, 1.165) is 5.56 Å². The fourth-order valence-electron chi connectivity index (χ4n) is 3.24. The standard InChI is InChI=1S/C20H23ClN8O3/c1-27(2)20(31)26-25-18-17-15(11-16(23-24-17)28-7-9-32-10-8-28)29(19(30)22-18)12-13-3-5-14(21)6-4-13/h3-6,11H,7-10,12H2,1-2H3,(H,26,31)(H,22,25,30). The number of carbonyl (C=O) groups is 1. The lowest BCUT2D eigenvalue weighted by Gasteiger charge is -2.27. The SMILES string of the molecule is CN(C)C(=O)NNc1nc(=O)n(Cc2ccc(Cl)cc2)c2cc(N3CCOCC3)nnc12. The van der Waals surface area contributed by atoms with E-state index in [-0.39, 0.29) is 12.4 Å². The van der Waals surface area contributed by atoms with E-state index in [1.54, 1.807) is 26.2 Å². The second-order valence-electron chi connectivity index (χ2n) is 7.44. The van der Waals surface area contributed by atoms with Crippen molar-refractivity contribution in [3.05, 3.63) is 51.4 Å². The summed E-state index contributed by atoms with van der Waals surface area (Å²) in [6.45, 7) is 2.82. The average Bonchev–Trinajstić information content (AvgIpc) is 2.81. The third-order valence-corrected chi connectivity index (χ3v) is 5.25. The van der Waals surface area contributed by atoms with Crippen LogP contribution in [0.2, 0.25) is 5.02 Å². The van der Waals surface area contributed by atoms with Crippen LogP contribution in [-0.4, -0.2) is 71.1 Å². The fourth-order valence-corrected chi connectivity index (χ4v) is 3.37. The molecule has 0 spiro atoms. The molecular weight excluding hydrogens is 436 g/mol. The minimum Gasteiger partial charge on any atom is -0.378 e. The molecule has 4 rings (SSSR count). The van der Waals surface area contributed by atoms with Crippen molar-refractivity contribution in [1.29, 1.82) is 0 Å². The molecule has 0 aliphatic carbocycles. The van der Waals surface area contributed by atoms with Crippen molar-refractivity contribution >= 4 is 40.3 Å². The van der Waals surface area contributed by atoms with Gasteiger partial charge < -0.3 is 14.5 Å². The van der Waals surface area contributed by atoms with Gasteiger partial charge in [-0.15, -0.1) is 10.2 Å². The number of halogens is 1. The van der Waals surface area contributed by atoms with Gasteiger partial charge in [-0.25, -0.2) is 9.59 Å². The number of morpholine rings is 1. The molecule has 0 unspecified atom stereocenters. The molecular formula is C20H23ClN8O3. The summed E-state index contributed by atoms with van der Waals surface area (Å²) in [5, 5.41) is 9.27. The minimum atomic E-state index is -0.491. The van der Waals surface area contributed by atoms with Crippen LogP contribution in [0.5, 0.6) is 0 Å². The zero-order valence-corrected chi connectivity index (χ0v) is 18.5. The number of hydrogen-bond donors (Lipinski definition) is 2. The van der Waals surface area contributed by atoms with Crippen molar-refractivity contribution in [1.82, 2.24) is 30.1 Å². The molecule has 3 heterocycles. The molecule has 0 saturated carbocycles. The largest absolute Gasteiger partial charge is 0.378 e. The summed E-state index contributed by atoms with van der Waals surface area (Å²) in [5.74, 6) is 0.758. The van der Waals surface area contributed by atoms with Gasteiger partial charge in [0.25, 0.3) is 0 Å². The molecule has 1 aliphatic rings. The summed E-state index contributed by atoms with van der Waals surface area (Å²) in [5.41, 5.74) is 6.46. The number of carbonyl (C=O) groups excluding carboxylic acids is 1. The van der Waals surface area contributed by atoms with Crippen molar-refractivity contribution in [3.63, 3.8) is 0 Å². The monoisotopic (exact) mass is 458 g/mol. The van der Waals surface area contributed by atoms with Crippen LogP contribution in [0.1, 0.15) is 5.56 Å². The Hall–Kier alpha value is -3.44. The number of hydrogen-bond acceptors (Lipinski definition) is 8. The predicted octanol–water partition coefficient (Wildman–Crippen LogP) is 1.32. The zero-order chi connectivity index (χ0) is 22.7. The Labute approximate surface area is 188 Å². The Balaban J connectivity index is 1.78. The van der Waals surface area contributed by atoms with Gasteiger partial charge in [0.15, 0.2) is 17.2 Å². The summed E-state index contributed by atoms with van der Waals surface area (Å²) >= 11 is 5.99. The Kier molecular flexibility index (Phi) is 6.37. The van der Waals surface area contributed by atoms with Crippen LogP contribution in [-0.2, 0) is 11.3 Å². The van der Waals surface area contributed by atoms with Gasteiger partial charge in [0.1, 0.15) is 0 Å². The Morgan fingerprint density at radius 3 is 2.59 bits per heavy atom. The number of benzene rings is 1. The first-order valence-corrected chi connectivity index (χ1v) is 10.4. The van der Waals surface area contributed by atoms with Gasteiger partial charge in [0.2, 0.25) is 0 Å². The summed E-state index contributed by atoms with van der Waals surface area (Å²) in [6, 6.07) is 8.64. The van der Waals surface area contributed by atoms with Crippen molar-refractivity contribution in [2.24, 2.45) is 0 Å². The number of hydrazine groups is 1. The van der Waals surface area contributed by atoms with Crippen LogP contribution in [0.3, 0.4) is 0 Å². The molecule has 3 aromatic rings. The highest BCUT2D eigenvalue weighted by Crippen LogP contribution is 2.22. The molecule has 32 heavy (non-hydrogen) atoms. The van der Waals surface area contributed by atoms with Crippen LogP contribution in [0.4, 0.5) is 16.4 Å². The number of anilines is 2. The molecule has 1 fully saturated rings. The van der Waals surface area contributed by atoms with Crippen molar-refractivity contribution in [2.45, 2.75) is 6.54 Å². The van der Waals surface area contributed by atoms with E-state index in [4.69, 9.17) is 16.3 Å². The molecule has 12 heteroatoms. The number of amides is 2. The molecule has 0 radical (unpaired) electrons. The normalized spacial score (nSPS) is 13.8. The third kappa shape index (κ3) is 4.73. The molecule has 2 aromatic heterocycles. The van der Waals surface area contributed by atoms with E-state index in [0.29, 0.717) is 48.2 Å². The van der Waals surface area contributed by atoms with E-state index in [1.165, 1.54) is 9.47 Å². The molecule has 2 N–H and O–H groups in total. The average molecular weight is 459 g/mol. The van der Waals surface area contributed by atoms with Crippen LogP contribution in [0.25, 0.3) is 11.0 Å². The topological polar surface area (TPSA) is 118 Å². The number of rotatable bonds is 5. The second kappa shape index (κ2) is 9.37. The van der Waals surface area contributed by atoms with Crippen LogP contribution in [0.15, 0.2) is 35.1 Å². The van der Waals surface area contributed by atoms with Crippen molar-refractivity contribution in [3.8, 4) is 0 Å². The van der Waals surface area contributed by atoms with Crippen molar-refractivity contribution in [2.75, 3.05) is 50.7 Å². The van der Waals surface area contributed by atoms with Gasteiger partial charge in [-0.3, -0.25) is 15.4 Å². The minimum absolute atomic E-state index is 0.119. The Bertz CT molecular complexity index is 1180. The first-order valence-electron chi connectivity index (χ1n) is 10.0. The quantitative estimate of drug-likeness (QED) is 0.550. The maximum Gasteiger partial charge on any atom is 0.350 e. The zero-order valence-electron chi connectivity index (χ0n) is 17.7. The molecule has 1 saturated heterocycles. The number of ether oxygens (including phenoxy) is 1. The smallest absolute Gasteiger partial charge is 0.350 e. The molecule has 168 valence electrons. The van der Waals surface area contributed by atoms with Crippen LogP contribution >= 0.6 is 11.6 Å². The summed E-state index contributed by atoms with van der Waals surface area (Å²) in [4.78, 5) is 32.4. The summed E-state index contributed by atoms with van der Waals surface area (Å²) < 4.78 is 6.94. The molecule has 0 bridgehead atoms. The predicted molar refractivity (Wildman–Crippen MR) is 121 cm³/mol. The van der Waals surface area contributed by atoms with Gasteiger partial charge in [0.05, 0.1) is 25.3 Å². The number of urea groups is 1. The third-order valence-electron chi connectivity index (χ3n) is 5.00. The van der Waals surface area contributed by atoms with Crippen molar-refractivity contribution < 1.29 is 9.53 Å². The first-order chi connectivity index (χ1) is 15.4. The van der Waals surface area contributed by atoms with E-state index in [2.05, 4.69) is 26.0 Å². The highest BCUT2D eigenvalue weighted by atomic mass is 35.5. The first kappa shape index (κ1) is 21.8. The fraction of sp³-hybridized carbons (Fsp3) is 0.350. The van der Waals surface area contributed by atoms with Crippen LogP contribution < -0.4 is 21.4 Å². The van der Waals surface area contributed by atoms with E-state index >= 15 is 0 Å². The maximum absolute atomic E-state index is 13.0. The highest BCUT2D eigenvalue weighted by Gasteiger charge is 2.18. The molecule has 11 nitrogen and oxygen atoms in total. The number of fused-ring (bicyclic) bond motifs is 1. The highest BCUT2D eigenvalue weighted by molar-refractivity contribution is 6.30. The van der Waals surface area contributed by atoms with E-state index in [1.807, 2.05) is 23.1 Å². The summed E-state index contributed by atoms with van der Waals surface area (Å²) in [7, 11) is 3.20. The second-order valence-corrected chi connectivity index (χ2v) is 7.88. The Morgan fingerprint density at radius 2 is 1.91 bits per heavy atom. The lowest BCUT2D eigenvalue weighted by Crippen LogP contribution is -2.39. The van der Waals surface area contributed by atoms with Crippen LogP contribution in [0, 0.1) is 0 Å². The van der Waals surface area contributed by atoms with Gasteiger partial charge in [-0.2, -0.15) is 4.98 Å². The van der Waals surface area contributed by atoms with E-state index < -0.39 is 11.7 Å². The Morgan fingerprint density at radius 1 is 1.19 bits per heavy atom. The molecule has 1 aromatic carbocycles. The molecule has 2 amide bonds. The van der Waals surface area contributed by atoms with E-state index in [9.17, 15) is 9.59 Å². The molecule has 1 aliphatic heterocycles. The lowest BCUT2D eigenvalue weighted by molar-refractivity contribution is 0.122. The van der Waals surface area contributed by atoms with Gasteiger partial charge in [-0.05, 0) is 17.7 Å². The van der Waals surface area contributed by atoms with Gasteiger partial charge >= 0.3 is 11.7 Å². The van der Waals surface area contributed by atoms with Gasteiger partial charge in [0, 0.05) is 38.3 Å². The maximum atomic E-state index is 13.0. The number of nitrogens with zero attached hydrogens (tertiary/aromatic N) is 6. The molecule has 0 atom stereocenters. The van der Waals surface area contributed by atoms with Gasteiger partial charge in [-0.1, -0.05) is 23.7 Å². The number of aromatic nitrogens is 4. The summed E-state index contributed by atoms with van der Waals surface area (Å²) in [6.07, 6.45) is 0.